The third-order valence-electron chi connectivity index (χ3n) is 2.88. The van der Waals surface area contributed by atoms with E-state index in [1.54, 1.807) is 0 Å². The van der Waals surface area contributed by atoms with Crippen LogP contribution in [-0.2, 0) is 0 Å². The van der Waals surface area contributed by atoms with E-state index in [1.165, 1.54) is 5.56 Å². The van der Waals surface area contributed by atoms with Crippen molar-refractivity contribution in [2.75, 3.05) is 20.1 Å². The van der Waals surface area contributed by atoms with Crippen LogP contribution in [0.4, 0.5) is 0 Å². The lowest BCUT2D eigenvalue weighted by atomic mass is 9.94. The molecule has 0 bridgehead atoms. The van der Waals surface area contributed by atoms with Crippen LogP contribution >= 0.6 is 11.6 Å². The summed E-state index contributed by atoms with van der Waals surface area (Å²) in [6, 6.07) is 8.69. The molecular weight excluding hydrogens is 196 g/mol. The highest BCUT2D eigenvalue weighted by Gasteiger charge is 2.26. The minimum atomic E-state index is 0.538. The SMILES string of the molecule is CN[C@@H]1CNC[C@H]1c1ccc(Cl)cc1. The summed E-state index contributed by atoms with van der Waals surface area (Å²) in [6.45, 7) is 2.09. The number of likely N-dealkylation sites (N-methyl/N-ethyl adjacent to an activating group) is 1. The Morgan fingerprint density at radius 2 is 2.00 bits per heavy atom. The number of hydrogen-bond donors (Lipinski definition) is 2. The molecule has 14 heavy (non-hydrogen) atoms. The summed E-state index contributed by atoms with van der Waals surface area (Å²) >= 11 is 5.86. The van der Waals surface area contributed by atoms with E-state index in [9.17, 15) is 0 Å². The van der Waals surface area contributed by atoms with E-state index in [0.29, 0.717) is 12.0 Å². The molecule has 0 aromatic heterocycles. The monoisotopic (exact) mass is 210 g/mol. The molecule has 1 aliphatic rings. The molecule has 1 aromatic rings. The van der Waals surface area contributed by atoms with Crippen LogP contribution in [0.5, 0.6) is 0 Å². The van der Waals surface area contributed by atoms with Crippen molar-refractivity contribution in [3.63, 3.8) is 0 Å². The van der Waals surface area contributed by atoms with Crippen molar-refractivity contribution < 1.29 is 0 Å². The smallest absolute Gasteiger partial charge is 0.0406 e. The first-order valence-corrected chi connectivity index (χ1v) is 5.32. The molecule has 0 saturated carbocycles. The van der Waals surface area contributed by atoms with Gasteiger partial charge in [-0.25, -0.2) is 0 Å². The Kier molecular flexibility index (Phi) is 3.06. The summed E-state index contributed by atoms with van der Waals surface area (Å²) in [6.07, 6.45) is 0. The lowest BCUT2D eigenvalue weighted by Crippen LogP contribution is -2.31. The van der Waals surface area contributed by atoms with Crippen molar-refractivity contribution >= 4 is 11.6 Å². The van der Waals surface area contributed by atoms with Gasteiger partial charge in [0.05, 0.1) is 0 Å². The standard InChI is InChI=1S/C11H15ClN2/c1-13-11-7-14-6-10(11)8-2-4-9(12)5-3-8/h2-5,10-11,13-14H,6-7H2,1H3/t10-,11+/m0/s1. The van der Waals surface area contributed by atoms with Crippen molar-refractivity contribution in [3.05, 3.63) is 34.9 Å². The minimum Gasteiger partial charge on any atom is -0.315 e. The fourth-order valence-corrected chi connectivity index (χ4v) is 2.17. The average molecular weight is 211 g/mol. The van der Waals surface area contributed by atoms with Crippen LogP contribution in [0.3, 0.4) is 0 Å². The van der Waals surface area contributed by atoms with Crippen molar-refractivity contribution in [1.29, 1.82) is 0 Å². The Labute approximate surface area is 89.7 Å². The normalized spacial score (nSPS) is 26.7. The maximum absolute atomic E-state index is 5.86. The molecule has 1 saturated heterocycles. The Bertz CT molecular complexity index is 297. The van der Waals surface area contributed by atoms with Gasteiger partial charge in [0.2, 0.25) is 0 Å². The highest BCUT2D eigenvalue weighted by Crippen LogP contribution is 2.23. The zero-order valence-electron chi connectivity index (χ0n) is 8.26. The van der Waals surface area contributed by atoms with Crippen LogP contribution in [0.2, 0.25) is 5.02 Å². The zero-order chi connectivity index (χ0) is 9.97. The first-order chi connectivity index (χ1) is 6.81. The van der Waals surface area contributed by atoms with E-state index in [4.69, 9.17) is 11.6 Å². The van der Waals surface area contributed by atoms with Gasteiger partial charge in [0.25, 0.3) is 0 Å². The number of benzene rings is 1. The van der Waals surface area contributed by atoms with Crippen LogP contribution in [-0.4, -0.2) is 26.2 Å². The van der Waals surface area contributed by atoms with Crippen LogP contribution in [0, 0.1) is 0 Å². The molecule has 3 heteroatoms. The van der Waals surface area contributed by atoms with Gasteiger partial charge >= 0.3 is 0 Å². The summed E-state index contributed by atoms with van der Waals surface area (Å²) in [5.41, 5.74) is 1.36. The van der Waals surface area contributed by atoms with Crippen LogP contribution in [0.25, 0.3) is 0 Å². The quantitative estimate of drug-likeness (QED) is 0.775. The molecular formula is C11H15ClN2. The molecule has 2 rings (SSSR count). The maximum Gasteiger partial charge on any atom is 0.0406 e. The Morgan fingerprint density at radius 1 is 1.29 bits per heavy atom. The van der Waals surface area contributed by atoms with Crippen molar-refractivity contribution in [2.45, 2.75) is 12.0 Å². The van der Waals surface area contributed by atoms with Gasteiger partial charge in [0.1, 0.15) is 0 Å². The highest BCUT2D eigenvalue weighted by atomic mass is 35.5. The third kappa shape index (κ3) is 1.92. The summed E-state index contributed by atoms with van der Waals surface area (Å²) in [4.78, 5) is 0. The predicted molar refractivity (Wildman–Crippen MR) is 59.9 cm³/mol. The Balaban J connectivity index is 2.17. The van der Waals surface area contributed by atoms with Gasteiger partial charge in [-0.3, -0.25) is 0 Å². The second kappa shape index (κ2) is 4.30. The molecule has 2 nitrogen and oxygen atoms in total. The van der Waals surface area contributed by atoms with E-state index >= 15 is 0 Å². The molecule has 1 heterocycles. The molecule has 0 unspecified atom stereocenters. The summed E-state index contributed by atoms with van der Waals surface area (Å²) in [5, 5.41) is 7.53. The molecule has 2 N–H and O–H groups in total. The van der Waals surface area contributed by atoms with E-state index < -0.39 is 0 Å². The maximum atomic E-state index is 5.86. The number of halogens is 1. The second-order valence-corrected chi connectivity index (χ2v) is 4.15. The van der Waals surface area contributed by atoms with E-state index in [0.717, 1.165) is 18.1 Å². The molecule has 0 amide bonds. The van der Waals surface area contributed by atoms with Gasteiger partial charge < -0.3 is 10.6 Å². The molecule has 1 aliphatic heterocycles. The lowest BCUT2D eigenvalue weighted by Gasteiger charge is -2.17. The van der Waals surface area contributed by atoms with E-state index in [1.807, 2.05) is 19.2 Å². The van der Waals surface area contributed by atoms with Crippen LogP contribution in [0.1, 0.15) is 11.5 Å². The first-order valence-electron chi connectivity index (χ1n) is 4.94. The van der Waals surface area contributed by atoms with Gasteiger partial charge in [-0.05, 0) is 24.7 Å². The zero-order valence-corrected chi connectivity index (χ0v) is 9.01. The Hall–Kier alpha value is -0.570. The first kappa shape index (κ1) is 9.97. The average Bonchev–Trinajstić information content (AvgIpc) is 2.67. The van der Waals surface area contributed by atoms with Crippen molar-refractivity contribution in [2.24, 2.45) is 0 Å². The molecule has 0 radical (unpaired) electrons. The molecule has 1 aromatic carbocycles. The number of hydrogen-bond acceptors (Lipinski definition) is 2. The van der Waals surface area contributed by atoms with E-state index in [-0.39, 0.29) is 0 Å². The molecule has 0 spiro atoms. The Morgan fingerprint density at radius 3 is 2.64 bits per heavy atom. The molecule has 2 atom stereocenters. The number of rotatable bonds is 2. The fourth-order valence-electron chi connectivity index (χ4n) is 2.04. The van der Waals surface area contributed by atoms with Crippen LogP contribution < -0.4 is 10.6 Å². The van der Waals surface area contributed by atoms with Gasteiger partial charge in [0.15, 0.2) is 0 Å². The topological polar surface area (TPSA) is 24.1 Å². The molecule has 1 fully saturated rings. The number of nitrogens with one attached hydrogen (secondary N) is 2. The van der Waals surface area contributed by atoms with Crippen molar-refractivity contribution in [3.8, 4) is 0 Å². The molecule has 0 aliphatic carbocycles. The fraction of sp³-hybridized carbons (Fsp3) is 0.455. The second-order valence-electron chi connectivity index (χ2n) is 3.71. The minimum absolute atomic E-state index is 0.538. The highest BCUT2D eigenvalue weighted by molar-refractivity contribution is 6.30. The molecule has 76 valence electrons. The largest absolute Gasteiger partial charge is 0.315 e. The van der Waals surface area contributed by atoms with Gasteiger partial charge in [-0.2, -0.15) is 0 Å². The third-order valence-corrected chi connectivity index (χ3v) is 3.14. The van der Waals surface area contributed by atoms with Crippen LogP contribution in [0.15, 0.2) is 24.3 Å². The van der Waals surface area contributed by atoms with Gasteiger partial charge in [0, 0.05) is 30.1 Å². The van der Waals surface area contributed by atoms with Gasteiger partial charge in [-0.1, -0.05) is 23.7 Å². The van der Waals surface area contributed by atoms with Gasteiger partial charge in [-0.15, -0.1) is 0 Å². The summed E-state index contributed by atoms with van der Waals surface area (Å²) in [7, 11) is 2.01. The van der Waals surface area contributed by atoms with Crippen molar-refractivity contribution in [1.82, 2.24) is 10.6 Å². The summed E-state index contributed by atoms with van der Waals surface area (Å²) < 4.78 is 0. The predicted octanol–water partition coefficient (Wildman–Crippen LogP) is 1.61. The lowest BCUT2D eigenvalue weighted by molar-refractivity contribution is 0.553. The summed E-state index contributed by atoms with van der Waals surface area (Å²) in [5.74, 6) is 0.567. The van der Waals surface area contributed by atoms with E-state index in [2.05, 4.69) is 22.8 Å².